The van der Waals surface area contributed by atoms with Crippen molar-refractivity contribution in [3.8, 4) is 68.5 Å². The number of hydrogen-bond acceptors (Lipinski definition) is 14. The number of hydrogen-bond donors (Lipinski definition) is 0. The van der Waals surface area contributed by atoms with Crippen LogP contribution in [0.3, 0.4) is 0 Å². The van der Waals surface area contributed by atoms with Crippen molar-refractivity contribution in [1.29, 1.82) is 0 Å². The van der Waals surface area contributed by atoms with E-state index in [4.69, 9.17) is 43.0 Å². The van der Waals surface area contributed by atoms with Crippen LogP contribution in [0.25, 0.3) is 44.5 Å². The molecule has 14 nitrogen and oxygen atoms in total. The summed E-state index contributed by atoms with van der Waals surface area (Å²) in [5.74, 6) is 6.44. The fraction of sp³-hybridized carbons (Fsp3) is 0.151. The zero-order valence-electron chi connectivity index (χ0n) is 62.9. The quantitative estimate of drug-likeness (QED) is 0.147. The van der Waals surface area contributed by atoms with Crippen molar-refractivity contribution < 1.29 is 32.8 Å². The number of halogens is 4. The molecule has 0 saturated carbocycles. The Kier molecular flexibility index (Phi) is 17.6. The predicted molar refractivity (Wildman–Crippen MR) is 464 cm³/mol. The molecule has 0 fully saturated rings. The third-order valence-electron chi connectivity index (χ3n) is 21.8. The number of methoxy groups -OCH3 is 4. The van der Waals surface area contributed by atoms with E-state index in [1.54, 1.807) is 76.2 Å². The molecule has 0 atom stereocenters. The average molecular weight is 1780 g/mol. The van der Waals surface area contributed by atoms with Crippen LogP contribution in [-0.2, 0) is 21.9 Å². The number of nitrogens with zero attached hydrogens (tertiary/aromatic N) is 6. The molecule has 0 N–H and O–H groups in total. The van der Waals surface area contributed by atoms with Gasteiger partial charge in [-0.3, -0.25) is 4.79 Å². The van der Waals surface area contributed by atoms with Crippen LogP contribution in [0.15, 0.2) is 289 Å². The highest BCUT2D eigenvalue weighted by atomic mass is 79.9. The molecule has 3 aromatic heterocycles. The molecule has 2 spiro atoms. The number of aromatic nitrogens is 4. The molecule has 0 saturated heterocycles. The molecule has 15 aromatic rings. The van der Waals surface area contributed by atoms with Gasteiger partial charge < -0.3 is 42.6 Å². The second kappa shape index (κ2) is 27.4. The van der Waals surface area contributed by atoms with Gasteiger partial charge in [0.2, 0.25) is 5.43 Å². The fourth-order valence-corrected chi connectivity index (χ4v) is 20.1. The first-order valence-corrected chi connectivity index (χ1v) is 41.5. The summed E-state index contributed by atoms with van der Waals surface area (Å²) in [6, 6.07) is 83.6. The van der Waals surface area contributed by atoms with Crippen molar-refractivity contribution in [2.24, 2.45) is 0 Å². The smallest absolute Gasteiger partial charge is 0.200 e. The number of anilines is 6. The molecule has 12 aromatic carbocycles. The van der Waals surface area contributed by atoms with Gasteiger partial charge in [-0.05, 0) is 205 Å². The van der Waals surface area contributed by atoms with E-state index in [9.17, 15) is 4.79 Å². The van der Waals surface area contributed by atoms with Crippen molar-refractivity contribution in [3.63, 3.8) is 0 Å². The molecular weight excluding hydrogens is 1710 g/mol. The van der Waals surface area contributed by atoms with Gasteiger partial charge in [-0.1, -0.05) is 177 Å². The average Bonchev–Trinajstić information content (AvgIpc) is 1.53. The highest BCUT2D eigenvalue weighted by molar-refractivity contribution is 9.11. The molecule has 560 valence electrons. The lowest BCUT2D eigenvalue weighted by molar-refractivity contribution is 0.377. The Hall–Kier alpha value is -10.5. The monoisotopic (exact) mass is 1780 g/mol. The van der Waals surface area contributed by atoms with Gasteiger partial charge in [-0.2, -0.15) is 10.2 Å². The van der Waals surface area contributed by atoms with E-state index in [1.165, 1.54) is 11.1 Å². The normalized spacial score (nSPS) is 14.1. The fourth-order valence-electron chi connectivity index (χ4n) is 16.4. The van der Waals surface area contributed by atoms with E-state index in [0.29, 0.717) is 21.9 Å². The highest BCUT2D eigenvalue weighted by Gasteiger charge is 2.55. The largest absolute Gasteiger partial charge is 0.497 e. The number of ether oxygens (including phenoxy) is 6. The van der Waals surface area contributed by atoms with Gasteiger partial charge >= 0.3 is 0 Å². The molecule has 113 heavy (non-hydrogen) atoms. The lowest BCUT2D eigenvalue weighted by atomic mass is 9.75. The molecule has 0 bridgehead atoms. The van der Waals surface area contributed by atoms with Crippen molar-refractivity contribution in [2.45, 2.75) is 83.0 Å². The van der Waals surface area contributed by atoms with E-state index in [1.807, 2.05) is 60.7 Å². The van der Waals surface area contributed by atoms with E-state index in [2.05, 4.69) is 282 Å². The van der Waals surface area contributed by atoms with E-state index < -0.39 is 11.1 Å². The molecular formula is C93H70Br4N6O8S2. The maximum atomic E-state index is 12.3. The lowest BCUT2D eigenvalue weighted by Crippen LogP contribution is -2.39. The van der Waals surface area contributed by atoms with Crippen molar-refractivity contribution in [1.82, 2.24) is 19.6 Å². The van der Waals surface area contributed by atoms with Crippen LogP contribution in [0.1, 0.15) is 86.3 Å². The van der Waals surface area contributed by atoms with Crippen LogP contribution in [0.4, 0.5) is 34.1 Å². The lowest BCUT2D eigenvalue weighted by Gasteiger charge is -2.41. The summed E-state index contributed by atoms with van der Waals surface area (Å²) in [6.45, 7) is 13.3. The Morgan fingerprint density at radius 2 is 0.690 bits per heavy atom. The van der Waals surface area contributed by atoms with Crippen LogP contribution >= 0.6 is 87.2 Å². The second-order valence-electron chi connectivity index (χ2n) is 30.4. The van der Waals surface area contributed by atoms with Gasteiger partial charge in [-0.15, -0.1) is 0 Å². The minimum absolute atomic E-state index is 0.0103. The van der Waals surface area contributed by atoms with Gasteiger partial charge in [0.1, 0.15) is 68.2 Å². The Morgan fingerprint density at radius 1 is 0.363 bits per heavy atom. The maximum absolute atomic E-state index is 12.3. The van der Waals surface area contributed by atoms with Gasteiger partial charge in [0.15, 0.2) is 0 Å². The van der Waals surface area contributed by atoms with Crippen molar-refractivity contribution in [3.05, 3.63) is 316 Å². The summed E-state index contributed by atoms with van der Waals surface area (Å²) in [5, 5.41) is 12.0. The molecule has 9 heterocycles. The number of fused-ring (bicyclic) bond motifs is 24. The summed E-state index contributed by atoms with van der Waals surface area (Å²) < 4.78 is 50.4. The molecule has 0 unspecified atom stereocenters. The first kappa shape index (κ1) is 72.8. The Labute approximate surface area is 695 Å². The van der Waals surface area contributed by atoms with Crippen LogP contribution in [0.2, 0.25) is 0 Å². The zero-order chi connectivity index (χ0) is 77.9. The molecule has 0 radical (unpaired) electrons. The second-order valence-corrected chi connectivity index (χ2v) is 36.3. The molecule has 6 aliphatic rings. The Bertz CT molecular complexity index is 6200. The molecule has 0 amide bonds. The van der Waals surface area contributed by atoms with E-state index in [0.717, 1.165) is 174 Å². The highest BCUT2D eigenvalue weighted by Crippen LogP contribution is 2.64. The van der Waals surface area contributed by atoms with Crippen LogP contribution < -0.4 is 43.6 Å². The summed E-state index contributed by atoms with van der Waals surface area (Å²) in [6.07, 6.45) is 0. The molecule has 20 heteroatoms. The first-order chi connectivity index (χ1) is 54.5. The zero-order valence-corrected chi connectivity index (χ0v) is 70.8. The van der Waals surface area contributed by atoms with Gasteiger partial charge in [0, 0.05) is 93.1 Å². The summed E-state index contributed by atoms with van der Waals surface area (Å²) >= 11 is 17.5. The number of benzene rings is 12. The Balaban J connectivity index is 0.000000145. The SMILES string of the molecule is CC(C)(C)c1cc2n(n1)C1(c3cc(Br)ccc3Oc3ccc(Br)cc31)c1ccccc1-2.COc1ccc2c(c1)Sc1cc(OC)ccc1N2c1ccc2c(c1)C1(c3cc(N4c5ccc(OC)cc5Sc5cc(OC)ccc54)ccc3O2)c2ccccc2-c2cc(C(C)(C)C)nn21.O=c1c2cc(Br)ccc2oc2ccc(Br)cc12. The van der Waals surface area contributed by atoms with Gasteiger partial charge in [0.05, 0.1) is 84.7 Å². The molecule has 21 rings (SSSR count). The topological polar surface area (TPSA) is 128 Å². The van der Waals surface area contributed by atoms with Gasteiger partial charge in [0.25, 0.3) is 0 Å². The van der Waals surface area contributed by atoms with E-state index >= 15 is 0 Å². The minimum Gasteiger partial charge on any atom is -0.497 e. The predicted octanol–water partition coefficient (Wildman–Crippen LogP) is 26.1. The Morgan fingerprint density at radius 3 is 1.04 bits per heavy atom. The summed E-state index contributed by atoms with van der Waals surface area (Å²) in [5.41, 5.74) is 18.7. The van der Waals surface area contributed by atoms with Crippen LogP contribution in [0.5, 0.6) is 46.0 Å². The van der Waals surface area contributed by atoms with E-state index in [-0.39, 0.29) is 16.3 Å². The third kappa shape index (κ3) is 11.7. The number of rotatable bonds is 6. The summed E-state index contributed by atoms with van der Waals surface area (Å²) in [4.78, 5) is 21.3. The van der Waals surface area contributed by atoms with Crippen molar-refractivity contribution >= 4 is 143 Å². The van der Waals surface area contributed by atoms with Crippen LogP contribution in [-0.4, -0.2) is 48.0 Å². The van der Waals surface area contributed by atoms with Crippen LogP contribution in [0, 0.1) is 0 Å². The molecule has 0 aliphatic carbocycles. The van der Waals surface area contributed by atoms with Gasteiger partial charge in [-0.25, -0.2) is 9.36 Å². The standard InChI is InChI=1S/C54H44N4O5S2.C26H20Br2N2O.C13H6Br2O2/c1-53(2,3)52-30-45-37-10-8-9-11-38(37)54(58(45)55-52)39-24-31(56-41-18-14-33(59-4)26-48(41)64-49-27-34(60-5)15-19-42(49)56)12-22-46(39)63-47-23-13-32(25-40(47)54)57-43-20-16-35(61-6)28-50(43)65-51-29-36(62-7)17-21-44(51)57;1-25(2,3)24-14-21-17-6-4-5-7-18(17)26(30(21)29-24)19-12-15(27)8-10-22(19)31-23-11-9-16(28)13-20(23)26;14-7-1-3-11-9(5-7)13(16)10-6-8(15)2-4-12(10)17-11/h8-30H,1-7H3;4-14H,1-3H3;1-6H. The molecule has 6 aliphatic heterocycles. The first-order valence-electron chi connectivity index (χ1n) is 36.7. The summed E-state index contributed by atoms with van der Waals surface area (Å²) in [7, 11) is 6.83. The maximum Gasteiger partial charge on any atom is 0.200 e. The third-order valence-corrected chi connectivity index (χ3v) is 25.9. The van der Waals surface area contributed by atoms with Crippen molar-refractivity contribution in [2.75, 3.05) is 38.2 Å². The minimum atomic E-state index is -0.934.